The summed E-state index contributed by atoms with van der Waals surface area (Å²) in [4.78, 5) is 37.6. The van der Waals surface area contributed by atoms with Crippen LogP contribution in [-0.4, -0.2) is 42.3 Å². The average Bonchev–Trinajstić information content (AvgIpc) is 2.64. The summed E-state index contributed by atoms with van der Waals surface area (Å²) in [5.41, 5.74) is 1.15. The highest BCUT2D eigenvalue weighted by molar-refractivity contribution is 6.30. The van der Waals surface area contributed by atoms with E-state index in [0.29, 0.717) is 21.9 Å². The Morgan fingerprint density at radius 1 is 1.12 bits per heavy atom. The normalized spacial score (nSPS) is 13.3. The molecule has 6 nitrogen and oxygen atoms in total. The number of nitrogens with one attached hydrogen (secondary N) is 1. The largest absolute Gasteiger partial charge is 0.492 e. The van der Waals surface area contributed by atoms with Crippen LogP contribution < -0.4 is 10.1 Å². The Morgan fingerprint density at radius 2 is 1.85 bits per heavy atom. The number of nitrogens with zero attached hydrogens (tertiary/aromatic N) is 1. The summed E-state index contributed by atoms with van der Waals surface area (Å²) in [5, 5.41) is 3.25. The monoisotopic (exact) mass is 372 g/mol. The lowest BCUT2D eigenvalue weighted by molar-refractivity contribution is -0.133. The topological polar surface area (TPSA) is 75.7 Å². The maximum atomic E-state index is 12.4. The molecular formula is C19H17ClN2O4. The van der Waals surface area contributed by atoms with Crippen LogP contribution in [0.25, 0.3) is 0 Å². The van der Waals surface area contributed by atoms with Crippen LogP contribution in [-0.2, 0) is 16.0 Å². The van der Waals surface area contributed by atoms with Crippen molar-refractivity contribution in [2.45, 2.75) is 6.42 Å². The van der Waals surface area contributed by atoms with Crippen molar-refractivity contribution in [1.82, 2.24) is 10.2 Å². The van der Waals surface area contributed by atoms with Crippen molar-refractivity contribution < 1.29 is 19.1 Å². The Labute approximate surface area is 155 Å². The number of carbonyl (C=O) groups excluding carboxylic acids is 3. The Morgan fingerprint density at radius 3 is 2.62 bits per heavy atom. The molecule has 2 aromatic rings. The fourth-order valence-corrected chi connectivity index (χ4v) is 2.78. The van der Waals surface area contributed by atoms with E-state index in [2.05, 4.69) is 5.32 Å². The van der Waals surface area contributed by atoms with E-state index < -0.39 is 11.8 Å². The van der Waals surface area contributed by atoms with Crippen molar-refractivity contribution in [2.24, 2.45) is 0 Å². The van der Waals surface area contributed by atoms with Gasteiger partial charge in [-0.05, 0) is 35.9 Å². The van der Waals surface area contributed by atoms with Gasteiger partial charge in [-0.2, -0.15) is 0 Å². The van der Waals surface area contributed by atoms with Gasteiger partial charge < -0.3 is 10.1 Å². The summed E-state index contributed by atoms with van der Waals surface area (Å²) < 4.78 is 5.47. The molecule has 3 rings (SSSR count). The Balaban J connectivity index is 1.48. The number of imide groups is 1. The van der Waals surface area contributed by atoms with Crippen LogP contribution in [0, 0.1) is 0 Å². The van der Waals surface area contributed by atoms with Gasteiger partial charge in [0.05, 0.1) is 13.0 Å². The van der Waals surface area contributed by atoms with E-state index in [0.717, 1.165) is 4.90 Å². The maximum absolute atomic E-state index is 12.4. The van der Waals surface area contributed by atoms with Crippen molar-refractivity contribution in [2.75, 3.05) is 19.7 Å². The lowest BCUT2D eigenvalue weighted by Crippen LogP contribution is -2.48. The van der Waals surface area contributed by atoms with E-state index in [4.69, 9.17) is 16.3 Å². The van der Waals surface area contributed by atoms with Crippen LogP contribution in [0.15, 0.2) is 48.5 Å². The first-order valence-corrected chi connectivity index (χ1v) is 8.50. The first-order chi connectivity index (χ1) is 12.5. The van der Waals surface area contributed by atoms with Gasteiger partial charge in [0, 0.05) is 10.6 Å². The summed E-state index contributed by atoms with van der Waals surface area (Å²) >= 11 is 5.79. The predicted molar refractivity (Wildman–Crippen MR) is 96.1 cm³/mol. The summed E-state index contributed by atoms with van der Waals surface area (Å²) in [6, 6.07) is 13.8. The average molecular weight is 373 g/mol. The van der Waals surface area contributed by atoms with Crippen molar-refractivity contribution in [1.29, 1.82) is 0 Å². The van der Waals surface area contributed by atoms with Crippen LogP contribution in [0.2, 0.25) is 5.02 Å². The van der Waals surface area contributed by atoms with Gasteiger partial charge in [-0.1, -0.05) is 29.8 Å². The molecule has 7 heteroatoms. The van der Waals surface area contributed by atoms with Crippen LogP contribution >= 0.6 is 11.6 Å². The molecule has 0 fully saturated rings. The third-order valence-corrected chi connectivity index (χ3v) is 4.20. The summed E-state index contributed by atoms with van der Waals surface area (Å²) in [6.07, 6.45) is 0.120. The lowest BCUT2D eigenvalue weighted by atomic mass is 9.98. The minimum absolute atomic E-state index is 0.120. The molecule has 0 unspecified atom stereocenters. The van der Waals surface area contributed by atoms with Crippen molar-refractivity contribution in [3.63, 3.8) is 0 Å². The van der Waals surface area contributed by atoms with Gasteiger partial charge in [0.25, 0.3) is 5.91 Å². The van der Waals surface area contributed by atoms with Crippen LogP contribution in [0.5, 0.6) is 5.75 Å². The van der Waals surface area contributed by atoms with E-state index in [1.165, 1.54) is 0 Å². The molecule has 1 aliphatic heterocycles. The molecule has 0 aliphatic carbocycles. The first-order valence-electron chi connectivity index (χ1n) is 8.12. The highest BCUT2D eigenvalue weighted by Gasteiger charge is 2.31. The van der Waals surface area contributed by atoms with Gasteiger partial charge in [0.2, 0.25) is 11.8 Å². The van der Waals surface area contributed by atoms with Crippen molar-refractivity contribution >= 4 is 29.3 Å². The minimum Gasteiger partial charge on any atom is -0.492 e. The number of halogens is 1. The number of fused-ring (bicyclic) bond motifs is 1. The van der Waals surface area contributed by atoms with Crippen molar-refractivity contribution in [3.05, 3.63) is 64.7 Å². The Kier molecular flexibility index (Phi) is 5.53. The Bertz CT molecular complexity index is 836. The smallest absolute Gasteiger partial charge is 0.261 e. The predicted octanol–water partition coefficient (Wildman–Crippen LogP) is 2.06. The fraction of sp³-hybridized carbons (Fsp3) is 0.211. The number of hydrogen-bond donors (Lipinski definition) is 1. The van der Waals surface area contributed by atoms with Crippen LogP contribution in [0.1, 0.15) is 15.9 Å². The standard InChI is InChI=1S/C19H17ClN2O4/c20-14-5-7-15(8-6-14)26-10-9-21-17(23)12-22-18(24)11-13-3-1-2-4-16(13)19(22)25/h1-8H,9-12H2,(H,21,23). The molecule has 0 saturated heterocycles. The zero-order valence-corrected chi connectivity index (χ0v) is 14.7. The second kappa shape index (κ2) is 8.01. The molecule has 0 spiro atoms. The summed E-state index contributed by atoms with van der Waals surface area (Å²) in [6.45, 7) is 0.222. The Hall–Kier alpha value is -2.86. The molecule has 0 aromatic heterocycles. The number of amides is 3. The van der Waals surface area contributed by atoms with E-state index in [1.807, 2.05) is 0 Å². The highest BCUT2D eigenvalue weighted by atomic mass is 35.5. The van der Waals surface area contributed by atoms with E-state index in [9.17, 15) is 14.4 Å². The number of carbonyl (C=O) groups is 3. The quantitative estimate of drug-likeness (QED) is 0.622. The van der Waals surface area contributed by atoms with Gasteiger partial charge in [-0.3, -0.25) is 19.3 Å². The van der Waals surface area contributed by atoms with Gasteiger partial charge in [-0.25, -0.2) is 0 Å². The molecule has 3 amide bonds. The fourth-order valence-electron chi connectivity index (χ4n) is 2.65. The molecule has 0 atom stereocenters. The maximum Gasteiger partial charge on any atom is 0.261 e. The lowest BCUT2D eigenvalue weighted by Gasteiger charge is -2.26. The third kappa shape index (κ3) is 4.21. The zero-order chi connectivity index (χ0) is 18.5. The third-order valence-electron chi connectivity index (χ3n) is 3.94. The summed E-state index contributed by atoms with van der Waals surface area (Å²) in [7, 11) is 0. The molecule has 2 aromatic carbocycles. The molecule has 134 valence electrons. The van der Waals surface area contributed by atoms with Gasteiger partial charge in [0.1, 0.15) is 18.9 Å². The van der Waals surface area contributed by atoms with E-state index in [1.54, 1.807) is 48.5 Å². The van der Waals surface area contributed by atoms with Crippen LogP contribution in [0.4, 0.5) is 0 Å². The summed E-state index contributed by atoms with van der Waals surface area (Å²) in [5.74, 6) is -0.585. The number of hydrogen-bond acceptors (Lipinski definition) is 4. The molecule has 1 N–H and O–H groups in total. The van der Waals surface area contributed by atoms with E-state index in [-0.39, 0.29) is 32.0 Å². The molecule has 0 radical (unpaired) electrons. The minimum atomic E-state index is -0.440. The van der Waals surface area contributed by atoms with E-state index >= 15 is 0 Å². The van der Waals surface area contributed by atoms with Crippen LogP contribution in [0.3, 0.4) is 0 Å². The first kappa shape index (κ1) is 17.9. The molecule has 0 saturated carbocycles. The van der Waals surface area contributed by atoms with Gasteiger partial charge in [0.15, 0.2) is 0 Å². The highest BCUT2D eigenvalue weighted by Crippen LogP contribution is 2.19. The molecule has 0 bridgehead atoms. The molecule has 26 heavy (non-hydrogen) atoms. The number of ether oxygens (including phenoxy) is 1. The second-order valence-electron chi connectivity index (χ2n) is 5.77. The SMILES string of the molecule is O=C(CN1C(=O)Cc2ccccc2C1=O)NCCOc1ccc(Cl)cc1. The molecule has 1 heterocycles. The molecular weight excluding hydrogens is 356 g/mol. The second-order valence-corrected chi connectivity index (χ2v) is 6.21. The van der Waals surface area contributed by atoms with Gasteiger partial charge >= 0.3 is 0 Å². The number of benzene rings is 2. The molecule has 1 aliphatic rings. The van der Waals surface area contributed by atoms with Crippen molar-refractivity contribution in [3.8, 4) is 5.75 Å². The number of rotatable bonds is 6. The van der Waals surface area contributed by atoms with Gasteiger partial charge in [-0.15, -0.1) is 0 Å². The zero-order valence-electron chi connectivity index (χ0n) is 13.9.